The molecule has 0 amide bonds. The van der Waals surface area contributed by atoms with Crippen LogP contribution < -0.4 is 4.74 Å². The van der Waals surface area contributed by atoms with Crippen molar-refractivity contribution in [2.75, 3.05) is 13.7 Å². The van der Waals surface area contributed by atoms with Gasteiger partial charge in [0.25, 0.3) is 0 Å². The Morgan fingerprint density at radius 3 is 1.77 bits per heavy atom. The third kappa shape index (κ3) is 4.43. The minimum absolute atomic E-state index is 0.0471. The first-order valence-electron chi connectivity index (χ1n) is 8.69. The maximum absolute atomic E-state index is 12.8. The Morgan fingerprint density at radius 2 is 1.37 bits per heavy atom. The van der Waals surface area contributed by atoms with Gasteiger partial charge in [0, 0.05) is 5.69 Å². The summed E-state index contributed by atoms with van der Waals surface area (Å²) in [5, 5.41) is 28.8. The van der Waals surface area contributed by atoms with E-state index in [-0.39, 0.29) is 12.3 Å². The van der Waals surface area contributed by atoms with Gasteiger partial charge < -0.3 is 24.8 Å². The fourth-order valence-corrected chi connectivity index (χ4v) is 2.72. The third-order valence-electron chi connectivity index (χ3n) is 3.96. The van der Waals surface area contributed by atoms with Crippen LogP contribution >= 0.6 is 0 Å². The minimum Gasteiger partial charge on any atom is -0.497 e. The Bertz CT molecular complexity index is 1010. The molecule has 0 saturated carbocycles. The second kappa shape index (κ2) is 8.27. The molecule has 0 saturated heterocycles. The number of esters is 1. The molecule has 2 aromatic rings. The van der Waals surface area contributed by atoms with Crippen molar-refractivity contribution in [3.8, 4) is 11.4 Å². The number of aromatic carboxylic acids is 3. The second-order valence-electron chi connectivity index (χ2n) is 7.53. The van der Waals surface area contributed by atoms with Crippen LogP contribution in [-0.2, 0) is 4.74 Å². The van der Waals surface area contributed by atoms with E-state index in [4.69, 9.17) is 9.47 Å². The molecule has 160 valence electrons. The highest BCUT2D eigenvalue weighted by Crippen LogP contribution is 2.30. The molecule has 0 fully saturated rings. The van der Waals surface area contributed by atoms with Gasteiger partial charge in [0.2, 0.25) is 0 Å². The van der Waals surface area contributed by atoms with Crippen molar-refractivity contribution in [2.45, 2.75) is 20.8 Å². The zero-order valence-electron chi connectivity index (χ0n) is 16.8. The lowest BCUT2D eigenvalue weighted by Gasteiger charge is -2.19. The van der Waals surface area contributed by atoms with Crippen molar-refractivity contribution in [3.05, 3.63) is 46.8 Å². The lowest BCUT2D eigenvalue weighted by atomic mass is 9.99. The average molecular weight is 419 g/mol. The Kier molecular flexibility index (Phi) is 6.20. The van der Waals surface area contributed by atoms with Gasteiger partial charge in [-0.25, -0.2) is 19.2 Å². The summed E-state index contributed by atoms with van der Waals surface area (Å²) in [4.78, 5) is 48.4. The van der Waals surface area contributed by atoms with E-state index in [0.29, 0.717) is 5.75 Å². The highest BCUT2D eigenvalue weighted by molar-refractivity contribution is 6.14. The van der Waals surface area contributed by atoms with Crippen molar-refractivity contribution in [2.24, 2.45) is 5.41 Å². The Balaban J connectivity index is 2.89. The van der Waals surface area contributed by atoms with E-state index in [1.54, 1.807) is 20.8 Å². The summed E-state index contributed by atoms with van der Waals surface area (Å²) in [6, 6.07) is 5.63. The molecule has 2 rings (SSSR count). The van der Waals surface area contributed by atoms with Gasteiger partial charge in [-0.1, -0.05) is 20.8 Å². The normalized spacial score (nSPS) is 11.1. The van der Waals surface area contributed by atoms with Gasteiger partial charge in [-0.3, -0.25) is 4.57 Å². The van der Waals surface area contributed by atoms with E-state index in [2.05, 4.69) is 0 Å². The molecule has 1 aromatic heterocycles. The average Bonchev–Trinajstić information content (AvgIpc) is 3.02. The predicted octanol–water partition coefficient (Wildman–Crippen LogP) is 2.78. The monoisotopic (exact) mass is 419 g/mol. The number of rotatable bonds is 7. The summed E-state index contributed by atoms with van der Waals surface area (Å²) >= 11 is 0. The quantitative estimate of drug-likeness (QED) is 0.575. The first-order chi connectivity index (χ1) is 13.9. The van der Waals surface area contributed by atoms with Crippen LogP contribution in [0.15, 0.2) is 24.3 Å². The number of carboxylic acids is 3. The van der Waals surface area contributed by atoms with Gasteiger partial charge in [0.15, 0.2) is 0 Å². The van der Waals surface area contributed by atoms with Crippen molar-refractivity contribution in [1.82, 2.24) is 4.57 Å². The molecule has 1 aromatic carbocycles. The van der Waals surface area contributed by atoms with Crippen molar-refractivity contribution in [3.63, 3.8) is 0 Å². The highest BCUT2D eigenvalue weighted by Gasteiger charge is 2.38. The first kappa shape index (κ1) is 22.5. The number of methoxy groups -OCH3 is 1. The minimum atomic E-state index is -1.80. The van der Waals surface area contributed by atoms with Gasteiger partial charge in [0.05, 0.1) is 13.7 Å². The van der Waals surface area contributed by atoms with Crippen LogP contribution in [0.3, 0.4) is 0 Å². The molecule has 0 atom stereocenters. The molecule has 0 aliphatic rings. The zero-order chi connectivity index (χ0) is 22.8. The van der Waals surface area contributed by atoms with Gasteiger partial charge in [-0.15, -0.1) is 0 Å². The number of carbonyl (C=O) groups is 4. The third-order valence-corrected chi connectivity index (χ3v) is 3.96. The van der Waals surface area contributed by atoms with Crippen LogP contribution in [-0.4, -0.2) is 57.5 Å². The van der Waals surface area contributed by atoms with Crippen LogP contribution in [0.4, 0.5) is 0 Å². The first-order valence-corrected chi connectivity index (χ1v) is 8.69. The van der Waals surface area contributed by atoms with Crippen molar-refractivity contribution >= 4 is 23.9 Å². The summed E-state index contributed by atoms with van der Waals surface area (Å²) in [5.41, 5.74) is -3.99. The number of hydrogen-bond acceptors (Lipinski definition) is 6. The van der Waals surface area contributed by atoms with E-state index in [1.165, 1.54) is 31.4 Å². The second-order valence-corrected chi connectivity index (χ2v) is 7.53. The largest absolute Gasteiger partial charge is 0.497 e. The summed E-state index contributed by atoms with van der Waals surface area (Å²) in [6.07, 6.45) is 0. The Labute approximate surface area is 171 Å². The molecule has 0 radical (unpaired) electrons. The fraction of sp³-hybridized carbons (Fsp3) is 0.300. The van der Waals surface area contributed by atoms with Crippen LogP contribution in [0.5, 0.6) is 5.75 Å². The van der Waals surface area contributed by atoms with Crippen molar-refractivity contribution in [1.29, 1.82) is 0 Å². The molecule has 1 heterocycles. The van der Waals surface area contributed by atoms with Crippen LogP contribution in [0.1, 0.15) is 62.5 Å². The number of benzene rings is 1. The molecule has 0 spiro atoms. The Hall–Kier alpha value is -3.82. The molecule has 0 aliphatic heterocycles. The van der Waals surface area contributed by atoms with Gasteiger partial charge in [-0.2, -0.15) is 0 Å². The smallest absolute Gasteiger partial charge is 0.356 e. The number of carboxylic acid groups (broad SMARTS) is 3. The Morgan fingerprint density at radius 1 is 0.867 bits per heavy atom. The molecule has 3 N–H and O–H groups in total. The van der Waals surface area contributed by atoms with E-state index in [1.807, 2.05) is 0 Å². The SMILES string of the molecule is COc1ccc(-n2c(C(=O)O)c(C(=O)O)c(C(=O)O)c2C(=O)OCC(C)(C)C)cc1. The topological polar surface area (TPSA) is 152 Å². The maximum atomic E-state index is 12.8. The standard InChI is InChI=1S/C20H21NO9/c1-20(2,3)9-30-19(28)15-13(17(24)25)12(16(22)23)14(18(26)27)21(15)10-5-7-11(29-4)8-6-10/h5-8H,9H2,1-4H3,(H,22,23)(H,24,25)(H,26,27). The zero-order valence-corrected chi connectivity index (χ0v) is 16.8. The number of ether oxygens (including phenoxy) is 2. The molecule has 10 heteroatoms. The van der Waals surface area contributed by atoms with Crippen molar-refractivity contribution < 1.29 is 44.0 Å². The van der Waals surface area contributed by atoms with Crippen LogP contribution in [0.2, 0.25) is 0 Å². The van der Waals surface area contributed by atoms with Gasteiger partial charge >= 0.3 is 23.9 Å². The summed E-state index contributed by atoms with van der Waals surface area (Å²) in [5.74, 6) is -6.04. The molecule has 0 aliphatic carbocycles. The van der Waals surface area contributed by atoms with E-state index >= 15 is 0 Å². The summed E-state index contributed by atoms with van der Waals surface area (Å²) < 4.78 is 11.0. The molecular weight excluding hydrogens is 398 g/mol. The molecule has 0 bridgehead atoms. The maximum Gasteiger partial charge on any atom is 0.356 e. The highest BCUT2D eigenvalue weighted by atomic mass is 16.5. The number of hydrogen-bond donors (Lipinski definition) is 3. The number of carbonyl (C=O) groups excluding carboxylic acids is 1. The van der Waals surface area contributed by atoms with Gasteiger partial charge in [0.1, 0.15) is 28.3 Å². The van der Waals surface area contributed by atoms with Gasteiger partial charge in [-0.05, 0) is 29.7 Å². The molecular formula is C20H21NO9. The van der Waals surface area contributed by atoms with E-state index in [9.17, 15) is 34.5 Å². The lowest BCUT2D eigenvalue weighted by Crippen LogP contribution is -2.22. The summed E-state index contributed by atoms with van der Waals surface area (Å²) in [6.45, 7) is 5.20. The number of aromatic nitrogens is 1. The molecule has 0 unspecified atom stereocenters. The van der Waals surface area contributed by atoms with E-state index in [0.717, 1.165) is 4.57 Å². The molecule has 10 nitrogen and oxygen atoms in total. The predicted molar refractivity (Wildman–Crippen MR) is 103 cm³/mol. The number of nitrogens with zero attached hydrogens (tertiary/aromatic N) is 1. The van der Waals surface area contributed by atoms with E-state index < -0.39 is 51.8 Å². The van der Waals surface area contributed by atoms with Crippen LogP contribution in [0.25, 0.3) is 5.69 Å². The molecule has 30 heavy (non-hydrogen) atoms. The lowest BCUT2D eigenvalue weighted by molar-refractivity contribution is 0.0351. The van der Waals surface area contributed by atoms with Crippen LogP contribution in [0, 0.1) is 5.41 Å². The fourth-order valence-electron chi connectivity index (χ4n) is 2.72. The summed E-state index contributed by atoms with van der Waals surface area (Å²) in [7, 11) is 1.41.